The van der Waals surface area contributed by atoms with Gasteiger partial charge in [-0.2, -0.15) is 4.98 Å². The smallest absolute Gasteiger partial charge is 0.226 e. The van der Waals surface area contributed by atoms with Gasteiger partial charge in [0.25, 0.3) is 0 Å². The van der Waals surface area contributed by atoms with Crippen LogP contribution in [0.1, 0.15) is 55.3 Å². The third kappa shape index (κ3) is 4.00. The van der Waals surface area contributed by atoms with Crippen LogP contribution in [0, 0.1) is 0 Å². The molecule has 4 rings (SSSR count). The van der Waals surface area contributed by atoms with E-state index < -0.39 is 0 Å². The Balaban J connectivity index is 1.60. The van der Waals surface area contributed by atoms with Gasteiger partial charge in [0.2, 0.25) is 11.8 Å². The van der Waals surface area contributed by atoms with Gasteiger partial charge in [0, 0.05) is 30.8 Å². The van der Waals surface area contributed by atoms with E-state index in [-0.39, 0.29) is 5.92 Å². The summed E-state index contributed by atoms with van der Waals surface area (Å²) in [6.07, 6.45) is 9.76. The Morgan fingerprint density at radius 3 is 2.60 bits per heavy atom. The van der Waals surface area contributed by atoms with Crippen LogP contribution in [0.15, 0.2) is 29.4 Å². The molecule has 2 aliphatic rings. The molecule has 2 aromatic rings. The van der Waals surface area contributed by atoms with Gasteiger partial charge in [-0.3, -0.25) is 0 Å². The number of fused-ring (bicyclic) bond motifs is 1. The number of ether oxygens (including phenoxy) is 2. The second-order valence-electron chi connectivity index (χ2n) is 7.72. The molecular formula is C22H28N6O2. The fourth-order valence-corrected chi connectivity index (χ4v) is 4.23. The van der Waals surface area contributed by atoms with Crippen molar-refractivity contribution >= 4 is 23.7 Å². The number of nitrogens with two attached hydrogens (primary N) is 1. The summed E-state index contributed by atoms with van der Waals surface area (Å²) in [7, 11) is 3.43. The highest BCUT2D eigenvalue weighted by atomic mass is 16.5. The lowest BCUT2D eigenvalue weighted by atomic mass is 9.93. The molecule has 0 spiro atoms. The highest BCUT2D eigenvalue weighted by Gasteiger charge is 2.30. The minimum absolute atomic E-state index is 0.151. The number of aliphatic imine (C=N–C) groups is 1. The van der Waals surface area contributed by atoms with Crippen molar-refractivity contribution in [1.29, 1.82) is 0 Å². The molecule has 2 heterocycles. The van der Waals surface area contributed by atoms with Gasteiger partial charge in [-0.15, -0.1) is 0 Å². The van der Waals surface area contributed by atoms with Crippen molar-refractivity contribution in [2.24, 2.45) is 10.7 Å². The van der Waals surface area contributed by atoms with Crippen LogP contribution in [0.5, 0.6) is 5.88 Å². The topological polar surface area (TPSA) is 108 Å². The number of aromatic nitrogens is 3. The first kappa shape index (κ1) is 20.3. The van der Waals surface area contributed by atoms with Gasteiger partial charge >= 0.3 is 0 Å². The Labute approximate surface area is 176 Å². The normalized spacial score (nSPS) is 23.3. The molecule has 0 unspecified atom stereocenters. The van der Waals surface area contributed by atoms with Crippen LogP contribution in [0.2, 0.25) is 0 Å². The maximum Gasteiger partial charge on any atom is 0.226 e. The molecule has 3 N–H and O–H groups in total. The number of pyridine rings is 1. The Morgan fingerprint density at radius 2 is 1.97 bits per heavy atom. The van der Waals surface area contributed by atoms with E-state index in [2.05, 4.69) is 33.3 Å². The lowest BCUT2D eigenvalue weighted by Crippen LogP contribution is -2.30. The maximum absolute atomic E-state index is 5.67. The molecule has 2 aliphatic carbocycles. The summed E-state index contributed by atoms with van der Waals surface area (Å²) >= 11 is 0. The molecule has 0 amide bonds. The number of methoxy groups -OCH3 is 2. The van der Waals surface area contributed by atoms with Crippen molar-refractivity contribution in [2.45, 2.75) is 50.7 Å². The summed E-state index contributed by atoms with van der Waals surface area (Å²) in [5.74, 6) is 1.92. The first-order chi connectivity index (χ1) is 14.6. The molecule has 0 radical (unpaired) electrons. The largest absolute Gasteiger partial charge is 0.480 e. The minimum atomic E-state index is 0.151. The lowest BCUT2D eigenvalue weighted by Gasteiger charge is -2.28. The summed E-state index contributed by atoms with van der Waals surface area (Å²) in [5.41, 5.74) is 9.23. The predicted octanol–water partition coefficient (Wildman–Crippen LogP) is 3.42. The maximum atomic E-state index is 5.67. The van der Waals surface area contributed by atoms with E-state index in [0.717, 1.165) is 48.1 Å². The molecule has 1 saturated carbocycles. The number of anilines is 1. The fraction of sp³-hybridized carbons (Fsp3) is 0.455. The molecule has 0 aromatic carbocycles. The summed E-state index contributed by atoms with van der Waals surface area (Å²) < 4.78 is 11.1. The summed E-state index contributed by atoms with van der Waals surface area (Å²) in [6, 6.07) is 4.16. The van der Waals surface area contributed by atoms with Crippen LogP contribution in [-0.4, -0.2) is 47.7 Å². The van der Waals surface area contributed by atoms with Gasteiger partial charge < -0.3 is 20.5 Å². The van der Waals surface area contributed by atoms with E-state index in [0.29, 0.717) is 29.8 Å². The van der Waals surface area contributed by atoms with E-state index >= 15 is 0 Å². The van der Waals surface area contributed by atoms with Crippen LogP contribution in [0.25, 0.3) is 5.57 Å². The van der Waals surface area contributed by atoms with Crippen molar-refractivity contribution in [3.63, 3.8) is 0 Å². The minimum Gasteiger partial charge on any atom is -0.480 e. The predicted molar refractivity (Wildman–Crippen MR) is 117 cm³/mol. The Hall–Kier alpha value is -3.00. The van der Waals surface area contributed by atoms with Crippen molar-refractivity contribution in [2.75, 3.05) is 19.5 Å². The average Bonchev–Trinajstić information content (AvgIpc) is 3.11. The van der Waals surface area contributed by atoms with E-state index in [1.807, 2.05) is 12.1 Å². The van der Waals surface area contributed by atoms with Crippen LogP contribution in [-0.2, 0) is 4.74 Å². The Bertz CT molecular complexity index is 949. The molecule has 30 heavy (non-hydrogen) atoms. The molecule has 0 bridgehead atoms. The van der Waals surface area contributed by atoms with Gasteiger partial charge in [0.1, 0.15) is 0 Å². The van der Waals surface area contributed by atoms with Crippen molar-refractivity contribution in [1.82, 2.24) is 15.0 Å². The standard InChI is InChI=1S/C22H28N6O2/c1-13-10-17(14-4-9-18(24-11-14)25-12-23)19-20(13)27-22(28-21(19)30-3)26-15-5-7-16(29-2)8-6-15/h4,9-13,15-16H,5-8H2,1-3H3,(H2,23,24,25)(H,26,27,28)/t13-,15?,16?/m0/s1. The van der Waals surface area contributed by atoms with E-state index in [1.54, 1.807) is 20.4 Å². The average molecular weight is 409 g/mol. The summed E-state index contributed by atoms with van der Waals surface area (Å²) in [4.78, 5) is 17.9. The van der Waals surface area contributed by atoms with Gasteiger partial charge in [0.15, 0.2) is 5.82 Å². The fourth-order valence-electron chi connectivity index (χ4n) is 4.23. The van der Waals surface area contributed by atoms with Gasteiger partial charge in [-0.05, 0) is 43.4 Å². The number of rotatable bonds is 6. The van der Waals surface area contributed by atoms with E-state index in [4.69, 9.17) is 20.2 Å². The molecule has 2 aromatic heterocycles. The first-order valence-corrected chi connectivity index (χ1v) is 10.3. The van der Waals surface area contributed by atoms with Crippen LogP contribution in [0.4, 0.5) is 11.8 Å². The quantitative estimate of drug-likeness (QED) is 0.557. The van der Waals surface area contributed by atoms with Gasteiger partial charge in [0.05, 0.1) is 30.8 Å². The van der Waals surface area contributed by atoms with E-state index in [9.17, 15) is 0 Å². The molecular weight excluding hydrogens is 380 g/mol. The highest BCUT2D eigenvalue weighted by Crippen LogP contribution is 2.43. The monoisotopic (exact) mass is 408 g/mol. The van der Waals surface area contributed by atoms with Crippen LogP contribution < -0.4 is 15.8 Å². The number of hydrogen-bond acceptors (Lipinski definition) is 7. The number of nitrogens with zero attached hydrogens (tertiary/aromatic N) is 4. The SMILES string of the molecule is COc1nc(NC2CCC(OC)CC2)nc2c1C(c1ccc(N=CN)nc1)=C[C@@H]2C. The summed E-state index contributed by atoms with van der Waals surface area (Å²) in [6.45, 7) is 2.13. The van der Waals surface area contributed by atoms with Crippen molar-refractivity contribution in [3.05, 3.63) is 41.2 Å². The number of nitrogens with one attached hydrogen (secondary N) is 1. The molecule has 158 valence electrons. The molecule has 0 saturated heterocycles. The molecule has 1 fully saturated rings. The molecule has 0 aliphatic heterocycles. The third-order valence-corrected chi connectivity index (χ3v) is 5.82. The summed E-state index contributed by atoms with van der Waals surface area (Å²) in [5, 5.41) is 3.51. The molecule has 1 atom stereocenters. The molecule has 8 nitrogen and oxygen atoms in total. The Kier molecular flexibility index (Phi) is 5.94. The zero-order chi connectivity index (χ0) is 21.1. The zero-order valence-corrected chi connectivity index (χ0v) is 17.6. The Morgan fingerprint density at radius 1 is 1.17 bits per heavy atom. The zero-order valence-electron chi connectivity index (χ0n) is 17.6. The van der Waals surface area contributed by atoms with Crippen molar-refractivity contribution in [3.8, 4) is 5.88 Å². The first-order valence-electron chi connectivity index (χ1n) is 10.3. The van der Waals surface area contributed by atoms with Crippen molar-refractivity contribution < 1.29 is 9.47 Å². The number of allylic oxidation sites excluding steroid dienone is 1. The van der Waals surface area contributed by atoms with Crippen LogP contribution in [0.3, 0.4) is 0 Å². The molecule has 8 heteroatoms. The van der Waals surface area contributed by atoms with E-state index in [1.165, 1.54) is 6.34 Å². The second kappa shape index (κ2) is 8.79. The van der Waals surface area contributed by atoms with Gasteiger partial charge in [-0.1, -0.05) is 13.0 Å². The second-order valence-corrected chi connectivity index (χ2v) is 7.72. The highest BCUT2D eigenvalue weighted by molar-refractivity contribution is 5.87. The number of hydrogen-bond donors (Lipinski definition) is 2. The third-order valence-electron chi connectivity index (χ3n) is 5.82. The lowest BCUT2D eigenvalue weighted by molar-refractivity contribution is 0.0681. The van der Waals surface area contributed by atoms with Gasteiger partial charge in [-0.25, -0.2) is 15.0 Å². The van der Waals surface area contributed by atoms with Crippen LogP contribution >= 0.6 is 0 Å².